The third kappa shape index (κ3) is 2.80. The summed E-state index contributed by atoms with van der Waals surface area (Å²) in [5, 5.41) is 3.22. The van der Waals surface area contributed by atoms with Gasteiger partial charge in [0, 0.05) is 6.54 Å². The Bertz CT molecular complexity index is 284. The Morgan fingerprint density at radius 2 is 1.71 bits per heavy atom. The molecule has 0 radical (unpaired) electrons. The van der Waals surface area contributed by atoms with Crippen LogP contribution in [0.4, 0.5) is 0 Å². The van der Waals surface area contributed by atoms with Crippen LogP contribution < -0.4 is 16.6 Å². The molecule has 1 rings (SSSR count). The molecule has 0 spiro atoms. The average molecular weight is 193 g/mol. The molecule has 0 saturated heterocycles. The van der Waals surface area contributed by atoms with Crippen molar-refractivity contribution in [3.8, 4) is 0 Å². The summed E-state index contributed by atoms with van der Waals surface area (Å²) in [5.41, 5.74) is 7.94. The van der Waals surface area contributed by atoms with Gasteiger partial charge in [0.15, 0.2) is 0 Å². The molecule has 0 aliphatic carbocycles. The van der Waals surface area contributed by atoms with E-state index in [1.165, 1.54) is 22.3 Å². The van der Waals surface area contributed by atoms with Crippen molar-refractivity contribution in [2.75, 3.05) is 6.67 Å². The zero-order valence-corrected chi connectivity index (χ0v) is 9.15. The van der Waals surface area contributed by atoms with Gasteiger partial charge in [-0.05, 0) is 37.5 Å². The number of hydrogen-bond acceptors (Lipinski definition) is 3. The van der Waals surface area contributed by atoms with Crippen molar-refractivity contribution >= 4 is 0 Å². The smallest absolute Gasteiger partial charge is 0.0590 e. The first-order chi connectivity index (χ1) is 6.65. The first-order valence-electron chi connectivity index (χ1n) is 4.86. The van der Waals surface area contributed by atoms with Crippen LogP contribution in [0, 0.1) is 20.8 Å². The van der Waals surface area contributed by atoms with Crippen molar-refractivity contribution in [1.29, 1.82) is 0 Å². The van der Waals surface area contributed by atoms with Gasteiger partial charge in [-0.2, -0.15) is 0 Å². The van der Waals surface area contributed by atoms with E-state index in [0.717, 1.165) is 6.54 Å². The summed E-state index contributed by atoms with van der Waals surface area (Å²) in [4.78, 5) is 0. The van der Waals surface area contributed by atoms with Crippen LogP contribution in [-0.2, 0) is 6.54 Å². The fraction of sp³-hybridized carbons (Fsp3) is 0.455. The Morgan fingerprint density at radius 3 is 2.21 bits per heavy atom. The highest BCUT2D eigenvalue weighted by molar-refractivity contribution is 5.37. The maximum absolute atomic E-state index is 5.18. The van der Waals surface area contributed by atoms with Gasteiger partial charge in [0.1, 0.15) is 0 Å². The number of aryl methyl sites for hydroxylation is 3. The van der Waals surface area contributed by atoms with Gasteiger partial charge in [-0.1, -0.05) is 17.7 Å². The highest BCUT2D eigenvalue weighted by Crippen LogP contribution is 2.15. The highest BCUT2D eigenvalue weighted by atomic mass is 15.3. The third-order valence-electron chi connectivity index (χ3n) is 2.37. The number of rotatable bonds is 4. The second-order valence-corrected chi connectivity index (χ2v) is 3.68. The molecule has 0 aromatic heterocycles. The molecule has 0 unspecified atom stereocenters. The molecule has 0 aliphatic rings. The number of nitrogens with two attached hydrogens (primary N) is 1. The Kier molecular flexibility index (Phi) is 4.07. The summed E-state index contributed by atoms with van der Waals surface area (Å²) in [6.45, 7) is 7.91. The van der Waals surface area contributed by atoms with Gasteiger partial charge in [0.2, 0.25) is 0 Å². The van der Waals surface area contributed by atoms with Crippen molar-refractivity contribution in [1.82, 2.24) is 10.7 Å². The van der Waals surface area contributed by atoms with E-state index in [1.807, 2.05) is 0 Å². The van der Waals surface area contributed by atoms with Crippen molar-refractivity contribution in [3.63, 3.8) is 0 Å². The van der Waals surface area contributed by atoms with Gasteiger partial charge in [0.25, 0.3) is 0 Å². The number of benzene rings is 1. The summed E-state index contributed by atoms with van der Waals surface area (Å²) >= 11 is 0. The molecule has 3 nitrogen and oxygen atoms in total. The molecule has 0 saturated carbocycles. The average Bonchev–Trinajstić information content (AvgIpc) is 2.09. The Morgan fingerprint density at radius 1 is 1.14 bits per heavy atom. The topological polar surface area (TPSA) is 50.1 Å². The van der Waals surface area contributed by atoms with E-state index in [1.54, 1.807) is 0 Å². The Hall–Kier alpha value is -0.900. The zero-order chi connectivity index (χ0) is 10.6. The molecule has 0 heterocycles. The predicted octanol–water partition coefficient (Wildman–Crippen LogP) is 1.12. The summed E-state index contributed by atoms with van der Waals surface area (Å²) in [5.74, 6) is 5.18. The predicted molar refractivity (Wildman–Crippen MR) is 59.7 cm³/mol. The molecule has 0 atom stereocenters. The molecule has 78 valence electrons. The van der Waals surface area contributed by atoms with Gasteiger partial charge in [-0.3, -0.25) is 11.2 Å². The lowest BCUT2D eigenvalue weighted by Gasteiger charge is -2.11. The fourth-order valence-corrected chi connectivity index (χ4v) is 1.75. The van der Waals surface area contributed by atoms with Crippen molar-refractivity contribution in [2.45, 2.75) is 27.3 Å². The molecule has 0 bridgehead atoms. The molecule has 0 amide bonds. The van der Waals surface area contributed by atoms with E-state index in [9.17, 15) is 0 Å². The molecule has 0 aliphatic heterocycles. The lowest BCUT2D eigenvalue weighted by atomic mass is 10.00. The molecule has 0 fully saturated rings. The minimum atomic E-state index is 0.632. The van der Waals surface area contributed by atoms with Crippen LogP contribution in [0.1, 0.15) is 22.3 Å². The highest BCUT2D eigenvalue weighted by Gasteiger charge is 2.02. The Balaban J connectivity index is 2.75. The summed E-state index contributed by atoms with van der Waals surface area (Å²) in [6.07, 6.45) is 0. The maximum Gasteiger partial charge on any atom is 0.0590 e. The summed E-state index contributed by atoms with van der Waals surface area (Å²) < 4.78 is 0. The van der Waals surface area contributed by atoms with Crippen LogP contribution in [0.3, 0.4) is 0 Å². The monoisotopic (exact) mass is 193 g/mol. The maximum atomic E-state index is 5.18. The first-order valence-corrected chi connectivity index (χ1v) is 4.86. The largest absolute Gasteiger partial charge is 0.299 e. The first kappa shape index (κ1) is 11.2. The van der Waals surface area contributed by atoms with Crippen LogP contribution in [0.5, 0.6) is 0 Å². The van der Waals surface area contributed by atoms with Crippen LogP contribution in [0.15, 0.2) is 12.1 Å². The summed E-state index contributed by atoms with van der Waals surface area (Å²) in [6, 6.07) is 4.42. The van der Waals surface area contributed by atoms with E-state index in [2.05, 4.69) is 43.6 Å². The van der Waals surface area contributed by atoms with E-state index >= 15 is 0 Å². The standard InChI is InChI=1S/C11H19N3/c1-8-4-9(2)11(10(3)5-8)6-13-7-14-12/h4-5,13-14H,6-7,12H2,1-3H3. The van der Waals surface area contributed by atoms with Crippen molar-refractivity contribution in [2.24, 2.45) is 5.84 Å². The molecule has 1 aromatic carbocycles. The lowest BCUT2D eigenvalue weighted by Crippen LogP contribution is -2.33. The molecular formula is C11H19N3. The van der Waals surface area contributed by atoms with Crippen molar-refractivity contribution in [3.05, 3.63) is 34.4 Å². The Labute approximate surface area is 85.7 Å². The quantitative estimate of drug-likeness (QED) is 0.291. The second-order valence-electron chi connectivity index (χ2n) is 3.68. The van der Waals surface area contributed by atoms with Crippen molar-refractivity contribution < 1.29 is 0 Å². The van der Waals surface area contributed by atoms with Gasteiger partial charge in [0.05, 0.1) is 6.67 Å². The minimum Gasteiger partial charge on any atom is -0.299 e. The van der Waals surface area contributed by atoms with Crippen LogP contribution in [-0.4, -0.2) is 6.67 Å². The molecule has 1 aromatic rings. The molecule has 14 heavy (non-hydrogen) atoms. The minimum absolute atomic E-state index is 0.632. The molecular weight excluding hydrogens is 174 g/mol. The van der Waals surface area contributed by atoms with Gasteiger partial charge in [-0.25, -0.2) is 5.43 Å². The van der Waals surface area contributed by atoms with E-state index in [0.29, 0.717) is 6.67 Å². The number of nitrogens with one attached hydrogen (secondary N) is 2. The summed E-state index contributed by atoms with van der Waals surface area (Å²) in [7, 11) is 0. The number of hydrogen-bond donors (Lipinski definition) is 3. The van der Waals surface area contributed by atoms with E-state index < -0.39 is 0 Å². The molecule has 3 heteroatoms. The van der Waals surface area contributed by atoms with Crippen LogP contribution >= 0.6 is 0 Å². The lowest BCUT2D eigenvalue weighted by molar-refractivity contribution is 0.598. The van der Waals surface area contributed by atoms with Crippen LogP contribution in [0.2, 0.25) is 0 Å². The zero-order valence-electron chi connectivity index (χ0n) is 9.15. The van der Waals surface area contributed by atoms with E-state index in [-0.39, 0.29) is 0 Å². The van der Waals surface area contributed by atoms with Gasteiger partial charge in [-0.15, -0.1) is 0 Å². The second kappa shape index (κ2) is 5.10. The SMILES string of the molecule is Cc1cc(C)c(CNCNN)c(C)c1. The third-order valence-corrected chi connectivity index (χ3v) is 2.37. The van der Waals surface area contributed by atoms with E-state index in [4.69, 9.17) is 5.84 Å². The van der Waals surface area contributed by atoms with Crippen LogP contribution in [0.25, 0.3) is 0 Å². The fourth-order valence-electron chi connectivity index (χ4n) is 1.75. The number of hydrazine groups is 1. The molecule has 4 N–H and O–H groups in total. The van der Waals surface area contributed by atoms with Gasteiger partial charge >= 0.3 is 0 Å². The van der Waals surface area contributed by atoms with Gasteiger partial charge < -0.3 is 0 Å². The normalized spacial score (nSPS) is 10.6.